The molecule has 1 nitrogen and oxygen atoms in total. The molecule has 3 unspecified atom stereocenters. The van der Waals surface area contributed by atoms with E-state index in [9.17, 15) is 5.11 Å². The summed E-state index contributed by atoms with van der Waals surface area (Å²) >= 11 is 0. The van der Waals surface area contributed by atoms with Gasteiger partial charge in [0.1, 0.15) is 0 Å². The summed E-state index contributed by atoms with van der Waals surface area (Å²) in [6.07, 6.45) is 0.848. The van der Waals surface area contributed by atoms with Crippen molar-refractivity contribution in [3.8, 4) is 0 Å². The van der Waals surface area contributed by atoms with E-state index < -0.39 is 0 Å². The summed E-state index contributed by atoms with van der Waals surface area (Å²) in [7, 11) is 0. The first-order valence-corrected chi connectivity index (χ1v) is 6.30. The molecule has 0 aliphatic heterocycles. The molecule has 0 aliphatic rings. The lowest BCUT2D eigenvalue weighted by Gasteiger charge is -2.31. The van der Waals surface area contributed by atoms with Crippen molar-refractivity contribution in [3.05, 3.63) is 35.9 Å². The Morgan fingerprint density at radius 1 is 1.06 bits per heavy atom. The molecule has 1 rings (SSSR count). The van der Waals surface area contributed by atoms with Gasteiger partial charge in [0.05, 0.1) is 6.10 Å². The van der Waals surface area contributed by atoms with Crippen molar-refractivity contribution in [2.75, 3.05) is 0 Å². The standard InChI is InChI=1S/C15H24O/c1-5-12(4)14(15(16)11(2)3)13-9-7-6-8-10-13/h6-12,14-16H,5H2,1-4H3. The molecule has 0 amide bonds. The molecule has 3 atom stereocenters. The van der Waals surface area contributed by atoms with Crippen LogP contribution in [0.4, 0.5) is 0 Å². The molecule has 0 fully saturated rings. The number of rotatable bonds is 5. The number of aliphatic hydroxyl groups excluding tert-OH is 1. The van der Waals surface area contributed by atoms with Crippen LogP contribution in [0.5, 0.6) is 0 Å². The van der Waals surface area contributed by atoms with Gasteiger partial charge in [-0.05, 0) is 17.4 Å². The van der Waals surface area contributed by atoms with E-state index in [2.05, 4.69) is 52.0 Å². The minimum atomic E-state index is -0.252. The highest BCUT2D eigenvalue weighted by atomic mass is 16.3. The maximum Gasteiger partial charge on any atom is 0.0634 e. The Balaban J connectivity index is 2.96. The summed E-state index contributed by atoms with van der Waals surface area (Å²) in [5, 5.41) is 10.3. The molecule has 90 valence electrons. The van der Waals surface area contributed by atoms with Crippen molar-refractivity contribution in [2.24, 2.45) is 11.8 Å². The van der Waals surface area contributed by atoms with E-state index in [0.29, 0.717) is 11.8 Å². The largest absolute Gasteiger partial charge is 0.392 e. The lowest BCUT2D eigenvalue weighted by Crippen LogP contribution is -2.28. The fraction of sp³-hybridized carbons (Fsp3) is 0.600. The summed E-state index contributed by atoms with van der Waals surface area (Å²) in [5.74, 6) is 1.07. The Hall–Kier alpha value is -0.820. The Bertz CT molecular complexity index is 292. The summed E-state index contributed by atoms with van der Waals surface area (Å²) in [5.41, 5.74) is 1.26. The van der Waals surface area contributed by atoms with Crippen molar-refractivity contribution in [1.29, 1.82) is 0 Å². The number of hydrogen-bond donors (Lipinski definition) is 1. The lowest BCUT2D eigenvalue weighted by atomic mass is 9.78. The molecule has 16 heavy (non-hydrogen) atoms. The minimum absolute atomic E-state index is 0.252. The molecule has 0 bridgehead atoms. The summed E-state index contributed by atoms with van der Waals surface area (Å²) < 4.78 is 0. The van der Waals surface area contributed by atoms with E-state index in [-0.39, 0.29) is 12.0 Å². The SMILES string of the molecule is CCC(C)C(c1ccccc1)C(O)C(C)C. The molecule has 1 aromatic rings. The van der Waals surface area contributed by atoms with Crippen LogP contribution in [-0.2, 0) is 0 Å². The van der Waals surface area contributed by atoms with Crippen molar-refractivity contribution >= 4 is 0 Å². The van der Waals surface area contributed by atoms with Gasteiger partial charge in [-0.1, -0.05) is 64.4 Å². The summed E-state index contributed by atoms with van der Waals surface area (Å²) in [4.78, 5) is 0. The van der Waals surface area contributed by atoms with Crippen LogP contribution in [0.1, 0.15) is 45.6 Å². The van der Waals surface area contributed by atoms with E-state index in [4.69, 9.17) is 0 Å². The van der Waals surface area contributed by atoms with Gasteiger partial charge in [-0.3, -0.25) is 0 Å². The maximum atomic E-state index is 10.3. The van der Waals surface area contributed by atoms with Gasteiger partial charge in [-0.15, -0.1) is 0 Å². The Morgan fingerprint density at radius 2 is 1.62 bits per heavy atom. The molecule has 1 heteroatoms. The van der Waals surface area contributed by atoms with Gasteiger partial charge in [0.25, 0.3) is 0 Å². The third kappa shape index (κ3) is 3.08. The molecule has 0 saturated heterocycles. The third-order valence-corrected chi connectivity index (χ3v) is 3.49. The van der Waals surface area contributed by atoms with Gasteiger partial charge in [0, 0.05) is 5.92 Å². The highest BCUT2D eigenvalue weighted by Crippen LogP contribution is 2.33. The maximum absolute atomic E-state index is 10.3. The minimum Gasteiger partial charge on any atom is -0.392 e. The number of hydrogen-bond acceptors (Lipinski definition) is 1. The highest BCUT2D eigenvalue weighted by molar-refractivity contribution is 5.21. The van der Waals surface area contributed by atoms with Crippen LogP contribution in [0.2, 0.25) is 0 Å². The number of benzene rings is 1. The van der Waals surface area contributed by atoms with Crippen LogP contribution in [0.3, 0.4) is 0 Å². The normalized spacial score (nSPS) is 17.1. The van der Waals surface area contributed by atoms with Gasteiger partial charge >= 0.3 is 0 Å². The topological polar surface area (TPSA) is 20.2 Å². The molecule has 1 aromatic carbocycles. The van der Waals surface area contributed by atoms with Crippen LogP contribution in [0.25, 0.3) is 0 Å². The third-order valence-electron chi connectivity index (χ3n) is 3.49. The molecule has 0 aliphatic carbocycles. The monoisotopic (exact) mass is 220 g/mol. The number of aliphatic hydroxyl groups is 1. The van der Waals surface area contributed by atoms with Crippen LogP contribution in [0, 0.1) is 11.8 Å². The first-order valence-electron chi connectivity index (χ1n) is 6.30. The second-order valence-corrected chi connectivity index (χ2v) is 5.06. The van der Waals surface area contributed by atoms with Gasteiger partial charge in [-0.25, -0.2) is 0 Å². The van der Waals surface area contributed by atoms with E-state index in [0.717, 1.165) is 6.42 Å². The molecule has 0 aromatic heterocycles. The van der Waals surface area contributed by atoms with Crippen molar-refractivity contribution in [1.82, 2.24) is 0 Å². The van der Waals surface area contributed by atoms with E-state index >= 15 is 0 Å². The van der Waals surface area contributed by atoms with Crippen molar-refractivity contribution in [2.45, 2.75) is 46.1 Å². The zero-order chi connectivity index (χ0) is 12.1. The second-order valence-electron chi connectivity index (χ2n) is 5.06. The summed E-state index contributed by atoms with van der Waals surface area (Å²) in [6, 6.07) is 10.4. The smallest absolute Gasteiger partial charge is 0.0634 e. The Morgan fingerprint density at radius 3 is 2.06 bits per heavy atom. The van der Waals surface area contributed by atoms with Crippen LogP contribution in [0.15, 0.2) is 30.3 Å². The van der Waals surface area contributed by atoms with Crippen molar-refractivity contribution < 1.29 is 5.11 Å². The first kappa shape index (κ1) is 13.2. The Labute approximate surface area is 99.5 Å². The zero-order valence-corrected chi connectivity index (χ0v) is 10.9. The molecular formula is C15H24O. The van der Waals surface area contributed by atoms with Crippen molar-refractivity contribution in [3.63, 3.8) is 0 Å². The average Bonchev–Trinajstić information content (AvgIpc) is 2.30. The van der Waals surface area contributed by atoms with Gasteiger partial charge in [-0.2, -0.15) is 0 Å². The van der Waals surface area contributed by atoms with Gasteiger partial charge in [0.2, 0.25) is 0 Å². The van der Waals surface area contributed by atoms with E-state index in [1.165, 1.54) is 5.56 Å². The molecule has 0 heterocycles. The fourth-order valence-electron chi connectivity index (χ4n) is 2.21. The quantitative estimate of drug-likeness (QED) is 0.799. The second kappa shape index (κ2) is 6.05. The zero-order valence-electron chi connectivity index (χ0n) is 10.9. The fourth-order valence-corrected chi connectivity index (χ4v) is 2.21. The predicted molar refractivity (Wildman–Crippen MR) is 69.5 cm³/mol. The molecular weight excluding hydrogens is 196 g/mol. The summed E-state index contributed by atoms with van der Waals surface area (Å²) in [6.45, 7) is 8.59. The average molecular weight is 220 g/mol. The molecule has 1 N–H and O–H groups in total. The van der Waals surface area contributed by atoms with Gasteiger partial charge < -0.3 is 5.11 Å². The predicted octanol–water partition coefficient (Wildman–Crippen LogP) is 3.83. The molecule has 0 spiro atoms. The van der Waals surface area contributed by atoms with Gasteiger partial charge in [0.15, 0.2) is 0 Å². The highest BCUT2D eigenvalue weighted by Gasteiger charge is 2.27. The van der Waals surface area contributed by atoms with Crippen LogP contribution < -0.4 is 0 Å². The van der Waals surface area contributed by atoms with Crippen LogP contribution >= 0.6 is 0 Å². The first-order chi connectivity index (χ1) is 7.57. The van der Waals surface area contributed by atoms with E-state index in [1.807, 2.05) is 6.07 Å². The lowest BCUT2D eigenvalue weighted by molar-refractivity contribution is 0.0747. The van der Waals surface area contributed by atoms with E-state index in [1.54, 1.807) is 0 Å². The Kier molecular flexibility index (Phi) is 5.01. The molecule has 0 radical (unpaired) electrons. The molecule has 0 saturated carbocycles. The van der Waals surface area contributed by atoms with Crippen LogP contribution in [-0.4, -0.2) is 11.2 Å².